The van der Waals surface area contributed by atoms with Gasteiger partial charge in [0, 0.05) is 6.61 Å². The quantitative estimate of drug-likeness (QED) is 0.356. The molecule has 0 aromatic rings. The summed E-state index contributed by atoms with van der Waals surface area (Å²) in [5.41, 5.74) is 0. The van der Waals surface area contributed by atoms with Crippen LogP contribution in [0.2, 0.25) is 0 Å². The van der Waals surface area contributed by atoms with E-state index in [1.807, 2.05) is 0 Å². The van der Waals surface area contributed by atoms with E-state index in [1.54, 1.807) is 0 Å². The van der Waals surface area contributed by atoms with Crippen molar-refractivity contribution < 1.29 is 9.84 Å². The van der Waals surface area contributed by atoms with Crippen LogP contribution in [-0.2, 0) is 4.74 Å². The molecule has 0 heterocycles. The fourth-order valence-electron chi connectivity index (χ4n) is 2.11. The van der Waals surface area contributed by atoms with Crippen LogP contribution in [0.1, 0.15) is 84.0 Å². The van der Waals surface area contributed by atoms with Crippen LogP contribution >= 0.6 is 0 Å². The van der Waals surface area contributed by atoms with Crippen LogP contribution in [0.25, 0.3) is 0 Å². The number of aliphatic hydroxyl groups is 1. The summed E-state index contributed by atoms with van der Waals surface area (Å²) in [5.74, 6) is 0. The summed E-state index contributed by atoms with van der Waals surface area (Å²) in [7, 11) is 0. The van der Waals surface area contributed by atoms with E-state index in [9.17, 15) is 0 Å². The first-order valence-electron chi connectivity index (χ1n) is 7.60. The summed E-state index contributed by atoms with van der Waals surface area (Å²) in [6.45, 7) is 2.86. The van der Waals surface area contributed by atoms with Crippen LogP contribution in [0, 0.1) is 0 Å². The molecule has 2 heteroatoms. The minimum Gasteiger partial charge on any atom is -0.371 e. The van der Waals surface area contributed by atoms with Gasteiger partial charge in [-0.25, -0.2) is 0 Å². The molecular formula is C15H32O2. The van der Waals surface area contributed by atoms with E-state index in [0.29, 0.717) is 6.61 Å². The van der Waals surface area contributed by atoms with Crippen LogP contribution < -0.4 is 0 Å². The van der Waals surface area contributed by atoms with E-state index in [4.69, 9.17) is 9.84 Å². The van der Waals surface area contributed by atoms with Crippen LogP contribution in [0.3, 0.4) is 0 Å². The molecule has 1 N–H and O–H groups in total. The molecule has 0 saturated heterocycles. The molecule has 0 fully saturated rings. The van der Waals surface area contributed by atoms with Crippen LogP contribution in [0.15, 0.2) is 0 Å². The second kappa shape index (κ2) is 15.9. The Morgan fingerprint density at radius 1 is 0.647 bits per heavy atom. The lowest BCUT2D eigenvalue weighted by Gasteiger charge is -2.03. The van der Waals surface area contributed by atoms with Gasteiger partial charge in [0.1, 0.15) is 6.79 Å². The van der Waals surface area contributed by atoms with Crippen molar-refractivity contribution in [2.45, 2.75) is 84.0 Å². The molecule has 0 saturated carbocycles. The number of hydrogen-bond donors (Lipinski definition) is 1. The van der Waals surface area contributed by atoms with Crippen LogP contribution in [-0.4, -0.2) is 18.5 Å². The van der Waals surface area contributed by atoms with Crippen molar-refractivity contribution in [3.63, 3.8) is 0 Å². The molecule has 0 aliphatic heterocycles. The van der Waals surface area contributed by atoms with E-state index in [2.05, 4.69) is 6.92 Å². The summed E-state index contributed by atoms with van der Waals surface area (Å²) < 4.78 is 4.88. The minimum absolute atomic E-state index is 0.127. The highest BCUT2D eigenvalue weighted by Crippen LogP contribution is 2.11. The van der Waals surface area contributed by atoms with E-state index >= 15 is 0 Å². The molecule has 104 valence electrons. The molecule has 0 aliphatic rings. The lowest BCUT2D eigenvalue weighted by molar-refractivity contribution is -0.00284. The zero-order valence-corrected chi connectivity index (χ0v) is 11.8. The van der Waals surface area contributed by atoms with E-state index in [-0.39, 0.29) is 6.79 Å². The zero-order valence-electron chi connectivity index (χ0n) is 11.8. The van der Waals surface area contributed by atoms with Crippen molar-refractivity contribution in [2.24, 2.45) is 0 Å². The summed E-state index contributed by atoms with van der Waals surface area (Å²) in [5, 5.41) is 8.42. The molecule has 0 aromatic carbocycles. The molecule has 0 aliphatic carbocycles. The van der Waals surface area contributed by atoms with Gasteiger partial charge in [-0.05, 0) is 6.42 Å². The molecule has 0 unspecified atom stereocenters. The third-order valence-electron chi connectivity index (χ3n) is 3.23. The van der Waals surface area contributed by atoms with Crippen molar-refractivity contribution in [2.75, 3.05) is 13.4 Å². The van der Waals surface area contributed by atoms with Gasteiger partial charge in [0.05, 0.1) is 0 Å². The molecule has 0 rings (SSSR count). The Balaban J connectivity index is 2.85. The van der Waals surface area contributed by atoms with E-state index in [1.165, 1.54) is 70.6 Å². The predicted octanol–water partition coefficient (Wildman–Crippen LogP) is 4.65. The highest BCUT2D eigenvalue weighted by molar-refractivity contribution is 4.48. The maximum absolute atomic E-state index is 8.42. The second-order valence-corrected chi connectivity index (χ2v) is 4.93. The standard InChI is InChI=1S/C15H32O2/c1-2-3-4-5-6-7-8-9-10-11-12-13-14-17-15-16/h16H,2-15H2,1H3. The molecule has 2 nitrogen and oxygen atoms in total. The molecule has 17 heavy (non-hydrogen) atoms. The maximum atomic E-state index is 8.42. The first kappa shape index (κ1) is 16.9. The van der Waals surface area contributed by atoms with Crippen molar-refractivity contribution in [3.8, 4) is 0 Å². The van der Waals surface area contributed by atoms with Crippen LogP contribution in [0.5, 0.6) is 0 Å². The SMILES string of the molecule is CCCCCCCCCCCCCCOCO. The molecular weight excluding hydrogens is 212 g/mol. The predicted molar refractivity (Wildman–Crippen MR) is 74.1 cm³/mol. The monoisotopic (exact) mass is 244 g/mol. The first-order chi connectivity index (χ1) is 8.41. The van der Waals surface area contributed by atoms with Crippen molar-refractivity contribution in [3.05, 3.63) is 0 Å². The molecule has 0 radical (unpaired) electrons. The topological polar surface area (TPSA) is 29.5 Å². The van der Waals surface area contributed by atoms with E-state index in [0.717, 1.165) is 6.42 Å². The Morgan fingerprint density at radius 3 is 1.47 bits per heavy atom. The van der Waals surface area contributed by atoms with Gasteiger partial charge >= 0.3 is 0 Å². The number of ether oxygens (including phenoxy) is 1. The Morgan fingerprint density at radius 2 is 1.06 bits per heavy atom. The number of hydrogen-bond acceptors (Lipinski definition) is 2. The summed E-state index contributed by atoms with van der Waals surface area (Å²) >= 11 is 0. The Hall–Kier alpha value is -0.0800. The van der Waals surface area contributed by atoms with E-state index < -0.39 is 0 Å². The molecule has 0 aromatic heterocycles. The van der Waals surface area contributed by atoms with Crippen molar-refractivity contribution in [1.29, 1.82) is 0 Å². The average molecular weight is 244 g/mol. The molecule has 0 atom stereocenters. The highest BCUT2D eigenvalue weighted by Gasteiger charge is 1.93. The average Bonchev–Trinajstić information content (AvgIpc) is 2.35. The number of unbranched alkanes of at least 4 members (excludes halogenated alkanes) is 11. The van der Waals surface area contributed by atoms with Crippen molar-refractivity contribution in [1.82, 2.24) is 0 Å². The van der Waals surface area contributed by atoms with Gasteiger partial charge in [-0.3, -0.25) is 0 Å². The van der Waals surface area contributed by atoms with Gasteiger partial charge in [-0.2, -0.15) is 0 Å². The zero-order chi connectivity index (χ0) is 12.6. The number of rotatable bonds is 14. The highest BCUT2D eigenvalue weighted by atomic mass is 16.6. The van der Waals surface area contributed by atoms with Crippen molar-refractivity contribution >= 4 is 0 Å². The Bertz CT molecular complexity index is 112. The molecule has 0 spiro atoms. The second-order valence-electron chi connectivity index (χ2n) is 4.93. The van der Waals surface area contributed by atoms with Gasteiger partial charge in [0.25, 0.3) is 0 Å². The third-order valence-corrected chi connectivity index (χ3v) is 3.23. The summed E-state index contributed by atoms with van der Waals surface area (Å²) in [4.78, 5) is 0. The fraction of sp³-hybridized carbons (Fsp3) is 1.00. The Labute approximate surface area is 108 Å². The maximum Gasteiger partial charge on any atom is 0.143 e. The lowest BCUT2D eigenvalue weighted by atomic mass is 10.1. The Kier molecular flexibility index (Phi) is 15.8. The van der Waals surface area contributed by atoms with Gasteiger partial charge in [0.2, 0.25) is 0 Å². The molecule has 0 amide bonds. The molecule has 0 bridgehead atoms. The first-order valence-corrected chi connectivity index (χ1v) is 7.60. The largest absolute Gasteiger partial charge is 0.371 e. The summed E-state index contributed by atoms with van der Waals surface area (Å²) in [6.07, 6.45) is 16.3. The lowest BCUT2D eigenvalue weighted by Crippen LogP contribution is -1.94. The minimum atomic E-state index is -0.127. The van der Waals surface area contributed by atoms with Gasteiger partial charge in [-0.15, -0.1) is 0 Å². The smallest absolute Gasteiger partial charge is 0.143 e. The normalized spacial score (nSPS) is 10.9. The fourth-order valence-corrected chi connectivity index (χ4v) is 2.11. The van der Waals surface area contributed by atoms with Crippen LogP contribution in [0.4, 0.5) is 0 Å². The van der Waals surface area contributed by atoms with Gasteiger partial charge in [-0.1, -0.05) is 77.6 Å². The van der Waals surface area contributed by atoms with Gasteiger partial charge in [0.15, 0.2) is 0 Å². The third kappa shape index (κ3) is 15.9. The summed E-state index contributed by atoms with van der Waals surface area (Å²) in [6, 6.07) is 0. The van der Waals surface area contributed by atoms with Gasteiger partial charge < -0.3 is 9.84 Å². The number of aliphatic hydroxyl groups excluding tert-OH is 1.